The Morgan fingerprint density at radius 3 is 1.90 bits per heavy atom. The van der Waals surface area contributed by atoms with Crippen LogP contribution in [0.1, 0.15) is 63.5 Å². The van der Waals surface area contributed by atoms with Crippen LogP contribution in [0.2, 0.25) is 0 Å². The van der Waals surface area contributed by atoms with Crippen LogP contribution in [0.25, 0.3) is 5.01 Å². The number of hydrogen-bond acceptors (Lipinski definition) is 4. The van der Waals surface area contributed by atoms with Crippen molar-refractivity contribution in [1.82, 2.24) is 0 Å². The zero-order valence-corrected chi connectivity index (χ0v) is 18.6. The van der Waals surface area contributed by atoms with Gasteiger partial charge in [0, 0.05) is 22.7 Å². The fraction of sp³-hybridized carbons (Fsp3) is 0.462. The van der Waals surface area contributed by atoms with E-state index in [-0.39, 0.29) is 11.9 Å². The highest BCUT2D eigenvalue weighted by atomic mass is 16.5. The average molecular weight is 424 g/mol. The van der Waals surface area contributed by atoms with E-state index in [0.717, 1.165) is 49.7 Å². The van der Waals surface area contributed by atoms with Gasteiger partial charge in [-0.15, -0.1) is 0 Å². The maximum atomic E-state index is 11.9. The standard InChI is InChI=1S/C26H33NO4/c1-3-22(4-2)25(28)30-19-13-5-6-14-20-31-26(21-27-29,23-15-9-7-10-16-23)24-17-11-8-12-18-24/h7-12,15-18,22H,3-6,13-14,19-20H2,1-2H3. The normalized spacial score (nSPS) is 11.1. The van der Waals surface area contributed by atoms with Gasteiger partial charge < -0.3 is 14.7 Å². The Morgan fingerprint density at radius 2 is 1.42 bits per heavy atom. The van der Waals surface area contributed by atoms with Gasteiger partial charge in [0.05, 0.1) is 12.5 Å². The van der Waals surface area contributed by atoms with Crippen LogP contribution in [0.4, 0.5) is 0 Å². The van der Waals surface area contributed by atoms with E-state index in [0.29, 0.717) is 13.2 Å². The molecule has 0 radical (unpaired) electrons. The van der Waals surface area contributed by atoms with Crippen LogP contribution in [0, 0.1) is 17.2 Å². The highest BCUT2D eigenvalue weighted by Gasteiger charge is 2.40. The summed E-state index contributed by atoms with van der Waals surface area (Å²) in [5.74, 6) is -0.0762. The molecule has 0 saturated heterocycles. The fourth-order valence-electron chi connectivity index (χ4n) is 3.60. The number of unbranched alkanes of at least 4 members (excludes halogenated alkanes) is 3. The largest absolute Gasteiger partial charge is 0.498 e. The molecule has 0 amide bonds. The van der Waals surface area contributed by atoms with Gasteiger partial charge in [0.25, 0.3) is 5.60 Å². The van der Waals surface area contributed by atoms with E-state index in [4.69, 9.17) is 9.47 Å². The number of benzene rings is 2. The van der Waals surface area contributed by atoms with E-state index in [2.05, 4.69) is 11.1 Å². The summed E-state index contributed by atoms with van der Waals surface area (Å²) < 4.78 is 11.6. The molecule has 5 heteroatoms. The van der Waals surface area contributed by atoms with Crippen molar-refractivity contribution >= 4 is 5.97 Å². The number of esters is 1. The maximum absolute atomic E-state index is 11.9. The van der Waals surface area contributed by atoms with Crippen LogP contribution < -0.4 is 0 Å². The minimum absolute atomic E-state index is 0.0106. The first-order valence-electron chi connectivity index (χ1n) is 11.2. The molecule has 0 saturated carbocycles. The van der Waals surface area contributed by atoms with Gasteiger partial charge in [0.15, 0.2) is 0 Å². The second-order valence-corrected chi connectivity index (χ2v) is 7.56. The van der Waals surface area contributed by atoms with E-state index < -0.39 is 5.60 Å². The summed E-state index contributed by atoms with van der Waals surface area (Å²) in [6.45, 7) is 4.94. The van der Waals surface area contributed by atoms with Gasteiger partial charge in [-0.05, 0) is 32.1 Å². The smallest absolute Gasteiger partial charge is 0.344 e. The molecule has 0 spiro atoms. The number of carbonyl (C=O) groups is 1. The van der Waals surface area contributed by atoms with Crippen molar-refractivity contribution in [3.63, 3.8) is 0 Å². The topological polar surface area (TPSA) is 63.0 Å². The molecule has 2 aromatic rings. The monoisotopic (exact) mass is 423 g/mol. The first kappa shape index (κ1) is 24.4. The Balaban J connectivity index is 1.88. The van der Waals surface area contributed by atoms with Crippen molar-refractivity contribution in [2.75, 3.05) is 13.2 Å². The van der Waals surface area contributed by atoms with Gasteiger partial charge >= 0.3 is 12.0 Å². The maximum Gasteiger partial charge on any atom is 0.344 e. The van der Waals surface area contributed by atoms with Crippen molar-refractivity contribution in [1.29, 1.82) is 0 Å². The lowest BCUT2D eigenvalue weighted by atomic mass is 9.87. The average Bonchev–Trinajstić information content (AvgIpc) is 2.82. The molecule has 5 nitrogen and oxygen atoms in total. The number of rotatable bonds is 13. The molecular formula is C26H33NO4. The minimum atomic E-state index is -1.13. The fourth-order valence-corrected chi connectivity index (χ4v) is 3.60. The van der Waals surface area contributed by atoms with Gasteiger partial charge in [-0.2, -0.15) is 0 Å². The molecule has 0 aromatic heterocycles. The SMILES string of the molecule is CCC(CC)C(=O)OCCCCCCOC(C#[N+][O-])(c1ccccc1)c1ccccc1. The van der Waals surface area contributed by atoms with E-state index in [9.17, 15) is 10.0 Å². The first-order chi connectivity index (χ1) is 15.2. The predicted octanol–water partition coefficient (Wildman–Crippen LogP) is 6.32. The molecule has 0 heterocycles. The van der Waals surface area contributed by atoms with Crippen molar-refractivity contribution in [3.8, 4) is 6.07 Å². The third kappa shape index (κ3) is 7.11. The van der Waals surface area contributed by atoms with Gasteiger partial charge in [0.1, 0.15) is 0 Å². The van der Waals surface area contributed by atoms with E-state index in [1.54, 1.807) is 0 Å². The number of nitrogens with zero attached hydrogens (tertiary/aromatic N) is 1. The van der Waals surface area contributed by atoms with Crippen LogP contribution in [-0.4, -0.2) is 19.2 Å². The molecular weight excluding hydrogens is 390 g/mol. The van der Waals surface area contributed by atoms with Crippen LogP contribution in [0.3, 0.4) is 0 Å². The summed E-state index contributed by atoms with van der Waals surface area (Å²) in [6.07, 6.45) is 5.19. The van der Waals surface area contributed by atoms with Crippen molar-refractivity contribution < 1.29 is 14.3 Å². The molecule has 2 rings (SSSR count). The zero-order valence-electron chi connectivity index (χ0n) is 18.6. The van der Waals surface area contributed by atoms with E-state index >= 15 is 0 Å². The Kier molecular flexibility index (Phi) is 10.6. The lowest BCUT2D eigenvalue weighted by Crippen LogP contribution is -2.30. The predicted molar refractivity (Wildman–Crippen MR) is 124 cm³/mol. The van der Waals surface area contributed by atoms with Gasteiger partial charge in [0.2, 0.25) is 0 Å². The molecule has 0 aliphatic carbocycles. The molecule has 31 heavy (non-hydrogen) atoms. The summed E-state index contributed by atoms with van der Waals surface area (Å²) in [5, 5.41) is 14.2. The van der Waals surface area contributed by atoms with Crippen LogP contribution in [-0.2, 0) is 19.9 Å². The zero-order chi connectivity index (χ0) is 22.4. The summed E-state index contributed by atoms with van der Waals surface area (Å²) in [5.41, 5.74) is 0.498. The molecule has 166 valence electrons. The molecule has 2 aromatic carbocycles. The Labute approximate surface area is 185 Å². The molecule has 0 bridgehead atoms. The Bertz CT molecular complexity index is 783. The minimum Gasteiger partial charge on any atom is -0.498 e. The van der Waals surface area contributed by atoms with Crippen LogP contribution in [0.5, 0.6) is 0 Å². The lowest BCUT2D eigenvalue weighted by molar-refractivity contribution is -0.148. The van der Waals surface area contributed by atoms with E-state index in [1.165, 1.54) is 0 Å². The quantitative estimate of drug-likeness (QED) is 0.215. The highest BCUT2D eigenvalue weighted by Crippen LogP contribution is 2.33. The van der Waals surface area contributed by atoms with Crippen LogP contribution >= 0.6 is 0 Å². The summed E-state index contributed by atoms with van der Waals surface area (Å²) in [4.78, 5) is 11.9. The summed E-state index contributed by atoms with van der Waals surface area (Å²) >= 11 is 0. The molecule has 0 N–H and O–H groups in total. The highest BCUT2D eigenvalue weighted by molar-refractivity contribution is 5.72. The lowest BCUT2D eigenvalue weighted by Gasteiger charge is -2.25. The molecule has 0 unspecified atom stereocenters. The van der Waals surface area contributed by atoms with Crippen molar-refractivity contribution in [3.05, 3.63) is 82.0 Å². The summed E-state index contributed by atoms with van der Waals surface area (Å²) in [7, 11) is 0. The number of carbonyl (C=O) groups excluding carboxylic acids is 1. The van der Waals surface area contributed by atoms with Gasteiger partial charge in [-0.3, -0.25) is 4.79 Å². The Hall–Kier alpha value is -2.84. The van der Waals surface area contributed by atoms with Gasteiger partial charge in [-0.1, -0.05) is 80.9 Å². The third-order valence-electron chi connectivity index (χ3n) is 5.48. The van der Waals surface area contributed by atoms with Gasteiger partial charge in [-0.25, -0.2) is 0 Å². The third-order valence-corrected chi connectivity index (χ3v) is 5.48. The number of ether oxygens (including phenoxy) is 2. The second kappa shape index (κ2) is 13.5. The molecule has 0 fully saturated rings. The molecule has 0 aliphatic rings. The first-order valence-corrected chi connectivity index (χ1v) is 11.2. The Morgan fingerprint density at radius 1 is 0.903 bits per heavy atom. The van der Waals surface area contributed by atoms with Crippen LogP contribution in [0.15, 0.2) is 60.7 Å². The second-order valence-electron chi connectivity index (χ2n) is 7.56. The van der Waals surface area contributed by atoms with E-state index in [1.807, 2.05) is 74.5 Å². The summed E-state index contributed by atoms with van der Waals surface area (Å²) in [6, 6.07) is 21.8. The van der Waals surface area contributed by atoms with Crippen molar-refractivity contribution in [2.24, 2.45) is 5.92 Å². The molecule has 0 atom stereocenters. The van der Waals surface area contributed by atoms with Crippen molar-refractivity contribution in [2.45, 2.75) is 58.0 Å². The number of hydrogen-bond donors (Lipinski definition) is 0. The molecule has 0 aliphatic heterocycles.